The second kappa shape index (κ2) is 4.56. The van der Waals surface area contributed by atoms with Crippen LogP contribution in [-0.4, -0.2) is 13.7 Å². The Hall–Kier alpha value is -0.640. The summed E-state index contributed by atoms with van der Waals surface area (Å²) in [6, 6.07) is 3.73. The molecule has 0 bridgehead atoms. The second-order valence-corrected chi connectivity index (χ2v) is 3.13. The standard InChI is InChI=1S/C9H11ClFNO/c1-13-5-9(12)7-4-6(11)2-3-8(7)10/h2-4,9H,5,12H2,1H3. The molecule has 0 aromatic heterocycles. The first-order valence-corrected chi connectivity index (χ1v) is 4.22. The van der Waals surface area contributed by atoms with E-state index in [4.69, 9.17) is 22.1 Å². The summed E-state index contributed by atoms with van der Waals surface area (Å²) in [6.45, 7) is 0.323. The van der Waals surface area contributed by atoms with Crippen molar-refractivity contribution in [2.45, 2.75) is 6.04 Å². The molecule has 1 aromatic carbocycles. The topological polar surface area (TPSA) is 35.2 Å². The Bertz CT molecular complexity index is 293. The van der Waals surface area contributed by atoms with Gasteiger partial charge >= 0.3 is 0 Å². The summed E-state index contributed by atoms with van der Waals surface area (Å²) in [5.74, 6) is -0.342. The molecular weight excluding hydrogens is 193 g/mol. The SMILES string of the molecule is COCC(N)c1cc(F)ccc1Cl. The fraction of sp³-hybridized carbons (Fsp3) is 0.333. The van der Waals surface area contributed by atoms with Crippen molar-refractivity contribution in [2.24, 2.45) is 5.73 Å². The van der Waals surface area contributed by atoms with E-state index >= 15 is 0 Å². The molecule has 1 rings (SSSR count). The molecule has 0 saturated carbocycles. The molecule has 0 fully saturated rings. The Balaban J connectivity index is 2.91. The third-order valence-corrected chi connectivity index (χ3v) is 2.05. The fourth-order valence-electron chi connectivity index (χ4n) is 1.07. The number of nitrogens with two attached hydrogens (primary N) is 1. The van der Waals surface area contributed by atoms with Gasteiger partial charge in [-0.05, 0) is 23.8 Å². The quantitative estimate of drug-likeness (QED) is 0.817. The summed E-state index contributed by atoms with van der Waals surface area (Å²) in [7, 11) is 1.53. The maximum atomic E-state index is 12.8. The molecule has 0 aliphatic carbocycles. The van der Waals surface area contributed by atoms with Crippen LogP contribution < -0.4 is 5.73 Å². The number of hydrogen-bond donors (Lipinski definition) is 1. The zero-order valence-corrected chi connectivity index (χ0v) is 8.01. The fourth-order valence-corrected chi connectivity index (χ4v) is 1.33. The van der Waals surface area contributed by atoms with Crippen LogP contribution in [0.5, 0.6) is 0 Å². The smallest absolute Gasteiger partial charge is 0.123 e. The Kier molecular flexibility index (Phi) is 3.66. The van der Waals surface area contributed by atoms with Crippen molar-refractivity contribution in [1.29, 1.82) is 0 Å². The van der Waals surface area contributed by atoms with Gasteiger partial charge in [-0.2, -0.15) is 0 Å². The predicted octanol–water partition coefficient (Wildman–Crippen LogP) is 2.13. The Labute approximate surface area is 81.4 Å². The van der Waals surface area contributed by atoms with Crippen LogP contribution >= 0.6 is 11.6 Å². The van der Waals surface area contributed by atoms with Crippen LogP contribution in [0.3, 0.4) is 0 Å². The van der Waals surface area contributed by atoms with E-state index in [1.165, 1.54) is 25.3 Å². The molecule has 0 heterocycles. The number of benzene rings is 1. The molecule has 0 saturated heterocycles. The van der Waals surface area contributed by atoms with Gasteiger partial charge < -0.3 is 10.5 Å². The monoisotopic (exact) mass is 203 g/mol. The van der Waals surface area contributed by atoms with Crippen LogP contribution in [0, 0.1) is 5.82 Å². The van der Waals surface area contributed by atoms with Crippen molar-refractivity contribution in [2.75, 3.05) is 13.7 Å². The van der Waals surface area contributed by atoms with Gasteiger partial charge in [-0.25, -0.2) is 4.39 Å². The molecule has 2 N–H and O–H groups in total. The molecule has 0 radical (unpaired) electrons. The highest BCUT2D eigenvalue weighted by atomic mass is 35.5. The maximum absolute atomic E-state index is 12.8. The van der Waals surface area contributed by atoms with E-state index in [1.807, 2.05) is 0 Å². The number of ether oxygens (including phenoxy) is 1. The molecule has 1 atom stereocenters. The van der Waals surface area contributed by atoms with Gasteiger partial charge in [0.1, 0.15) is 5.82 Å². The second-order valence-electron chi connectivity index (χ2n) is 2.73. The van der Waals surface area contributed by atoms with Crippen molar-refractivity contribution in [3.63, 3.8) is 0 Å². The molecule has 13 heavy (non-hydrogen) atoms. The first-order valence-electron chi connectivity index (χ1n) is 3.84. The molecule has 2 nitrogen and oxygen atoms in total. The van der Waals surface area contributed by atoms with E-state index in [2.05, 4.69) is 0 Å². The molecule has 0 spiro atoms. The molecule has 72 valence electrons. The van der Waals surface area contributed by atoms with E-state index in [0.29, 0.717) is 17.2 Å². The molecule has 1 aromatic rings. The van der Waals surface area contributed by atoms with Crippen molar-refractivity contribution in [3.8, 4) is 0 Å². The normalized spacial score (nSPS) is 12.9. The minimum atomic E-state index is -0.381. The Morgan fingerprint density at radius 1 is 1.62 bits per heavy atom. The average Bonchev–Trinajstić information content (AvgIpc) is 2.09. The lowest BCUT2D eigenvalue weighted by molar-refractivity contribution is 0.181. The highest BCUT2D eigenvalue weighted by Crippen LogP contribution is 2.22. The van der Waals surface area contributed by atoms with E-state index in [-0.39, 0.29) is 11.9 Å². The van der Waals surface area contributed by atoms with Gasteiger partial charge in [-0.15, -0.1) is 0 Å². The van der Waals surface area contributed by atoms with Gasteiger partial charge in [0.05, 0.1) is 12.6 Å². The number of methoxy groups -OCH3 is 1. The maximum Gasteiger partial charge on any atom is 0.123 e. The molecule has 1 unspecified atom stereocenters. The van der Waals surface area contributed by atoms with Crippen molar-refractivity contribution >= 4 is 11.6 Å². The summed E-state index contributed by atoms with van der Waals surface area (Å²) in [6.07, 6.45) is 0. The van der Waals surface area contributed by atoms with Crippen LogP contribution in [0.2, 0.25) is 5.02 Å². The van der Waals surface area contributed by atoms with Gasteiger partial charge in [0, 0.05) is 12.1 Å². The number of halogens is 2. The van der Waals surface area contributed by atoms with E-state index in [1.54, 1.807) is 0 Å². The summed E-state index contributed by atoms with van der Waals surface area (Å²) in [4.78, 5) is 0. The van der Waals surface area contributed by atoms with Crippen LogP contribution in [0.15, 0.2) is 18.2 Å². The van der Waals surface area contributed by atoms with Gasteiger partial charge in [-0.3, -0.25) is 0 Å². The van der Waals surface area contributed by atoms with Crippen molar-refractivity contribution in [3.05, 3.63) is 34.6 Å². The van der Waals surface area contributed by atoms with Gasteiger partial charge in [0.25, 0.3) is 0 Å². The summed E-state index contributed by atoms with van der Waals surface area (Å²) < 4.78 is 17.6. The molecule has 0 amide bonds. The zero-order valence-electron chi connectivity index (χ0n) is 7.26. The third kappa shape index (κ3) is 2.66. The lowest BCUT2D eigenvalue weighted by Gasteiger charge is -2.12. The minimum Gasteiger partial charge on any atom is -0.383 e. The zero-order chi connectivity index (χ0) is 9.84. The Morgan fingerprint density at radius 3 is 2.92 bits per heavy atom. The molecule has 0 aliphatic heterocycles. The van der Waals surface area contributed by atoms with Crippen LogP contribution in [-0.2, 0) is 4.74 Å². The van der Waals surface area contributed by atoms with Gasteiger partial charge in [0.15, 0.2) is 0 Å². The summed E-state index contributed by atoms with van der Waals surface area (Å²) in [5, 5.41) is 0.464. The lowest BCUT2D eigenvalue weighted by Crippen LogP contribution is -2.16. The lowest BCUT2D eigenvalue weighted by atomic mass is 10.1. The van der Waals surface area contributed by atoms with Crippen LogP contribution in [0.1, 0.15) is 11.6 Å². The molecule has 4 heteroatoms. The number of hydrogen-bond acceptors (Lipinski definition) is 2. The van der Waals surface area contributed by atoms with Crippen molar-refractivity contribution < 1.29 is 9.13 Å². The van der Waals surface area contributed by atoms with Crippen LogP contribution in [0.4, 0.5) is 4.39 Å². The van der Waals surface area contributed by atoms with E-state index < -0.39 is 0 Å². The number of rotatable bonds is 3. The molecular formula is C9H11ClFNO. The first-order chi connectivity index (χ1) is 6.15. The van der Waals surface area contributed by atoms with E-state index in [9.17, 15) is 4.39 Å². The average molecular weight is 204 g/mol. The van der Waals surface area contributed by atoms with Gasteiger partial charge in [0.2, 0.25) is 0 Å². The summed E-state index contributed by atoms with van der Waals surface area (Å²) >= 11 is 5.82. The predicted molar refractivity (Wildman–Crippen MR) is 50.2 cm³/mol. The van der Waals surface area contributed by atoms with E-state index in [0.717, 1.165) is 0 Å². The first kappa shape index (κ1) is 10.4. The molecule has 0 aliphatic rings. The van der Waals surface area contributed by atoms with Gasteiger partial charge in [-0.1, -0.05) is 11.6 Å². The van der Waals surface area contributed by atoms with Crippen molar-refractivity contribution in [1.82, 2.24) is 0 Å². The summed E-state index contributed by atoms with van der Waals surface area (Å²) in [5.41, 5.74) is 6.27. The largest absolute Gasteiger partial charge is 0.383 e. The minimum absolute atomic E-state index is 0.323. The highest BCUT2D eigenvalue weighted by Gasteiger charge is 2.10. The third-order valence-electron chi connectivity index (χ3n) is 1.70. The van der Waals surface area contributed by atoms with Crippen LogP contribution in [0.25, 0.3) is 0 Å². The Morgan fingerprint density at radius 2 is 2.31 bits per heavy atom. The highest BCUT2D eigenvalue weighted by molar-refractivity contribution is 6.31.